The van der Waals surface area contributed by atoms with Crippen LogP contribution in [-0.2, 0) is 26.6 Å². The van der Waals surface area contributed by atoms with Crippen molar-refractivity contribution < 1.29 is 41.9 Å². The van der Waals surface area contributed by atoms with Crippen LogP contribution in [0.3, 0.4) is 0 Å². The summed E-state index contributed by atoms with van der Waals surface area (Å²) in [7, 11) is 7.98. The van der Waals surface area contributed by atoms with Gasteiger partial charge in [-0.15, -0.1) is 0 Å². The lowest BCUT2D eigenvalue weighted by Crippen LogP contribution is -2.38. The smallest absolute Gasteiger partial charge is 0.420 e. The van der Waals surface area contributed by atoms with E-state index in [0.29, 0.717) is 0 Å². The highest BCUT2D eigenvalue weighted by Gasteiger charge is 2.29. The molecule has 0 bridgehead atoms. The van der Waals surface area contributed by atoms with Gasteiger partial charge in [-0.05, 0) is 31.2 Å². The van der Waals surface area contributed by atoms with E-state index in [9.17, 15) is 0 Å². The zero-order valence-corrected chi connectivity index (χ0v) is 25.4. The minimum absolute atomic E-state index is 0. The summed E-state index contributed by atoms with van der Waals surface area (Å²) in [6.45, 7) is 12.6. The topological polar surface area (TPSA) is 116 Å². The Balaban J connectivity index is -0.0000000488. The highest BCUT2D eigenvalue weighted by atomic mass is 28.4. The largest absolute Gasteiger partial charge is 0.496 e. The highest BCUT2D eigenvalue weighted by molar-refractivity contribution is 6.72. The molecular formula is C19H58O9Si3. The van der Waals surface area contributed by atoms with E-state index in [0.717, 1.165) is 27.4 Å². The van der Waals surface area contributed by atoms with Gasteiger partial charge in [-0.1, -0.05) is 28.2 Å². The molecule has 0 aliphatic rings. The lowest BCUT2D eigenvalue weighted by Gasteiger charge is -2.20. The van der Waals surface area contributed by atoms with E-state index in [4.69, 9.17) is 41.9 Å². The van der Waals surface area contributed by atoms with Gasteiger partial charge in [-0.2, -0.15) is 0 Å². The fraction of sp³-hybridized carbons (Fsp3) is 1.00. The third-order valence-corrected chi connectivity index (χ3v) is 13.8. The van der Waals surface area contributed by atoms with E-state index < -0.39 is 25.7 Å². The maximum Gasteiger partial charge on any atom is 0.496 e. The summed E-state index contributed by atoms with van der Waals surface area (Å²) in [6.07, 6.45) is 0. The van der Waals surface area contributed by atoms with Crippen molar-refractivity contribution in [1.29, 1.82) is 0 Å². The second kappa shape index (κ2) is 34.9. The molecular weight excluding hydrogens is 456 g/mol. The zero-order chi connectivity index (χ0) is 25.9. The third kappa shape index (κ3) is 32.6. The van der Waals surface area contributed by atoms with Crippen molar-refractivity contribution in [2.75, 3.05) is 64.0 Å². The Kier molecular flexibility index (Phi) is 54.8. The standard InChI is InChI=1S/C6H16OSi.C5H14O2Si.C4H12O3Si.3CH4O.CH4/c3*1-5-8(4,6-2)7-3;3*1-2;/h5-6H2,1-4H3;5H2,1-4H3;1-4H3;3*2H,1H3;1H4. The van der Waals surface area contributed by atoms with Crippen molar-refractivity contribution in [2.45, 2.75) is 66.0 Å². The molecule has 0 spiro atoms. The van der Waals surface area contributed by atoms with Gasteiger partial charge in [-0.25, -0.2) is 0 Å². The van der Waals surface area contributed by atoms with Crippen LogP contribution >= 0.6 is 0 Å². The molecule has 0 atom stereocenters. The van der Waals surface area contributed by atoms with Gasteiger partial charge < -0.3 is 41.9 Å². The highest BCUT2D eigenvalue weighted by Crippen LogP contribution is 2.13. The summed E-state index contributed by atoms with van der Waals surface area (Å²) >= 11 is 0. The number of aliphatic hydroxyl groups is 3. The average Bonchev–Trinajstić information content (AvgIpc) is 2.86. The van der Waals surface area contributed by atoms with E-state index in [1.807, 2.05) is 20.2 Å². The van der Waals surface area contributed by atoms with E-state index in [2.05, 4.69) is 27.3 Å². The Labute approximate surface area is 197 Å². The SMILES string of the molecule is C.CC[Si](C)(CC)OC.CC[Si](C)(OC)OC.CO.CO.CO.CO[Si](C)(OC)OC. The monoisotopic (exact) mass is 514 g/mol. The zero-order valence-electron chi connectivity index (χ0n) is 22.4. The van der Waals surface area contributed by atoms with E-state index in [-0.39, 0.29) is 7.43 Å². The van der Waals surface area contributed by atoms with Crippen LogP contribution in [0.15, 0.2) is 0 Å². The molecule has 0 saturated carbocycles. The van der Waals surface area contributed by atoms with Gasteiger partial charge in [0.1, 0.15) is 0 Å². The van der Waals surface area contributed by atoms with Crippen LogP contribution in [0.2, 0.25) is 37.8 Å². The van der Waals surface area contributed by atoms with Crippen molar-refractivity contribution in [3.63, 3.8) is 0 Å². The number of hydrogen-bond acceptors (Lipinski definition) is 9. The maximum absolute atomic E-state index is 7.00. The third-order valence-electron chi connectivity index (χ3n) is 4.61. The number of aliphatic hydroxyl groups excluding tert-OH is 3. The molecule has 0 aliphatic carbocycles. The predicted octanol–water partition coefficient (Wildman–Crippen LogP) is 3.57. The molecule has 0 heterocycles. The van der Waals surface area contributed by atoms with E-state index >= 15 is 0 Å². The molecule has 0 aromatic carbocycles. The van der Waals surface area contributed by atoms with Crippen LogP contribution in [-0.4, -0.2) is 105 Å². The van der Waals surface area contributed by atoms with E-state index in [1.54, 1.807) is 35.5 Å². The molecule has 0 saturated heterocycles. The molecule has 31 heavy (non-hydrogen) atoms. The molecule has 0 fully saturated rings. The first-order chi connectivity index (χ1) is 14.0. The molecule has 0 unspecified atom stereocenters. The molecule has 0 radical (unpaired) electrons. The van der Waals surface area contributed by atoms with Crippen LogP contribution in [0.5, 0.6) is 0 Å². The van der Waals surface area contributed by atoms with Crippen molar-refractivity contribution in [3.8, 4) is 0 Å². The first-order valence-electron chi connectivity index (χ1n) is 9.70. The fourth-order valence-electron chi connectivity index (χ4n) is 1.16. The second-order valence-corrected chi connectivity index (χ2v) is 17.2. The first-order valence-corrected chi connectivity index (χ1v) is 17.3. The summed E-state index contributed by atoms with van der Waals surface area (Å²) in [6, 6.07) is 3.49. The molecule has 9 nitrogen and oxygen atoms in total. The van der Waals surface area contributed by atoms with Crippen LogP contribution in [0.25, 0.3) is 0 Å². The Morgan fingerprint density at radius 2 is 0.742 bits per heavy atom. The number of rotatable bonds is 9. The first kappa shape index (κ1) is 48.7. The normalized spacial score (nSPS) is 9.87. The van der Waals surface area contributed by atoms with Crippen molar-refractivity contribution in [1.82, 2.24) is 0 Å². The quantitative estimate of drug-likeness (QED) is 0.397. The Morgan fingerprint density at radius 3 is 0.742 bits per heavy atom. The van der Waals surface area contributed by atoms with Gasteiger partial charge in [0.25, 0.3) is 0 Å². The van der Waals surface area contributed by atoms with Gasteiger partial charge in [0.05, 0.1) is 0 Å². The van der Waals surface area contributed by atoms with Crippen molar-refractivity contribution in [3.05, 3.63) is 0 Å². The summed E-state index contributed by atoms with van der Waals surface area (Å²) in [5, 5.41) is 21.0. The minimum Gasteiger partial charge on any atom is -0.420 e. The lowest BCUT2D eigenvalue weighted by atomic mass is 10.9. The predicted molar refractivity (Wildman–Crippen MR) is 140 cm³/mol. The molecule has 0 aromatic heterocycles. The summed E-state index contributed by atoms with van der Waals surface area (Å²) in [5.41, 5.74) is 0. The molecule has 200 valence electrons. The summed E-state index contributed by atoms with van der Waals surface area (Å²) in [5.74, 6) is 0. The summed E-state index contributed by atoms with van der Waals surface area (Å²) in [4.78, 5) is 0. The molecule has 12 heteroatoms. The molecule has 0 aliphatic heterocycles. The fourth-order valence-corrected chi connectivity index (χ4v) is 3.48. The molecule has 0 amide bonds. The Morgan fingerprint density at radius 1 is 0.484 bits per heavy atom. The van der Waals surface area contributed by atoms with Gasteiger partial charge in [-0.3, -0.25) is 0 Å². The lowest BCUT2D eigenvalue weighted by molar-refractivity contribution is 0.132. The maximum atomic E-state index is 7.00. The number of hydrogen-bond donors (Lipinski definition) is 3. The minimum atomic E-state index is -2.17. The van der Waals surface area contributed by atoms with Crippen molar-refractivity contribution in [2.24, 2.45) is 0 Å². The molecule has 3 N–H and O–H groups in total. The van der Waals surface area contributed by atoms with Gasteiger partial charge in [0, 0.05) is 70.5 Å². The Bertz CT molecular complexity index is 211. The van der Waals surface area contributed by atoms with Gasteiger partial charge in [0.2, 0.25) is 0 Å². The van der Waals surface area contributed by atoms with Crippen LogP contribution in [0.4, 0.5) is 0 Å². The van der Waals surface area contributed by atoms with Crippen LogP contribution < -0.4 is 0 Å². The summed E-state index contributed by atoms with van der Waals surface area (Å²) < 4.78 is 30.5. The average molecular weight is 515 g/mol. The van der Waals surface area contributed by atoms with Crippen LogP contribution in [0.1, 0.15) is 28.2 Å². The van der Waals surface area contributed by atoms with Crippen LogP contribution in [0, 0.1) is 0 Å². The van der Waals surface area contributed by atoms with E-state index in [1.165, 1.54) is 12.1 Å². The van der Waals surface area contributed by atoms with Gasteiger partial charge >= 0.3 is 17.4 Å². The van der Waals surface area contributed by atoms with Gasteiger partial charge in [0.15, 0.2) is 8.32 Å². The van der Waals surface area contributed by atoms with Crippen molar-refractivity contribution >= 4 is 25.7 Å². The second-order valence-electron chi connectivity index (χ2n) is 5.73. The molecule has 0 rings (SSSR count). The molecule has 0 aromatic rings. The Hall–Kier alpha value is 0.291.